The number of carbonyl (C=O) groups excluding carboxylic acids is 1. The van der Waals surface area contributed by atoms with Gasteiger partial charge in [0.25, 0.3) is 5.91 Å². The molecule has 3 rings (SSSR count). The van der Waals surface area contributed by atoms with E-state index in [4.69, 9.17) is 16.3 Å². The van der Waals surface area contributed by atoms with E-state index in [9.17, 15) is 4.79 Å². The number of nitrogens with one attached hydrogen (secondary N) is 1. The van der Waals surface area contributed by atoms with Crippen molar-refractivity contribution in [1.29, 1.82) is 0 Å². The number of amides is 1. The molecule has 0 spiro atoms. The van der Waals surface area contributed by atoms with Crippen LogP contribution in [0.4, 0.5) is 5.69 Å². The molecule has 132 valence electrons. The van der Waals surface area contributed by atoms with Crippen molar-refractivity contribution >= 4 is 23.2 Å². The van der Waals surface area contributed by atoms with Gasteiger partial charge in [-0.05, 0) is 62.2 Å². The Hall–Kier alpha value is -2.04. The normalized spacial score (nSPS) is 14.1. The van der Waals surface area contributed by atoms with Crippen molar-refractivity contribution in [3.8, 4) is 5.75 Å². The first-order valence-electron chi connectivity index (χ1n) is 8.53. The van der Waals surface area contributed by atoms with E-state index in [1.165, 1.54) is 11.1 Å². The minimum Gasteiger partial charge on any atom is -0.493 e. The van der Waals surface area contributed by atoms with E-state index < -0.39 is 0 Å². The Morgan fingerprint density at radius 2 is 2.16 bits per heavy atom. The van der Waals surface area contributed by atoms with Gasteiger partial charge in [0.1, 0.15) is 5.75 Å². The number of ether oxygens (including phenoxy) is 1. The summed E-state index contributed by atoms with van der Waals surface area (Å²) in [5.41, 5.74) is 4.70. The number of hydrogen-bond donors (Lipinski definition) is 1. The summed E-state index contributed by atoms with van der Waals surface area (Å²) in [5.74, 6) is 0.365. The Morgan fingerprint density at radius 3 is 2.92 bits per heavy atom. The molecule has 0 atom stereocenters. The fraction of sp³-hybridized carbons (Fsp3) is 0.350. The van der Waals surface area contributed by atoms with Crippen LogP contribution in [0.5, 0.6) is 5.75 Å². The van der Waals surface area contributed by atoms with Gasteiger partial charge in [-0.3, -0.25) is 4.79 Å². The third kappa shape index (κ3) is 3.80. The average Bonchev–Trinajstić information content (AvgIpc) is 2.58. The van der Waals surface area contributed by atoms with Crippen LogP contribution in [0.15, 0.2) is 30.3 Å². The number of anilines is 1. The van der Waals surface area contributed by atoms with E-state index in [1.54, 1.807) is 6.07 Å². The molecule has 0 unspecified atom stereocenters. The highest BCUT2D eigenvalue weighted by Crippen LogP contribution is 2.30. The summed E-state index contributed by atoms with van der Waals surface area (Å²) in [6.45, 7) is 6.18. The van der Waals surface area contributed by atoms with Gasteiger partial charge in [-0.2, -0.15) is 0 Å². The highest BCUT2D eigenvalue weighted by molar-refractivity contribution is 6.32. The molecule has 0 aromatic heterocycles. The van der Waals surface area contributed by atoms with Gasteiger partial charge in [0.2, 0.25) is 0 Å². The van der Waals surface area contributed by atoms with E-state index in [-0.39, 0.29) is 5.91 Å². The first-order valence-corrected chi connectivity index (χ1v) is 8.91. The maximum atomic E-state index is 12.9. The van der Waals surface area contributed by atoms with Crippen LogP contribution >= 0.6 is 11.6 Å². The Morgan fingerprint density at radius 1 is 1.36 bits per heavy atom. The topological polar surface area (TPSA) is 41.6 Å². The van der Waals surface area contributed by atoms with E-state index in [0.717, 1.165) is 30.8 Å². The molecule has 0 bridgehead atoms. The Bertz CT molecular complexity index is 805. The maximum absolute atomic E-state index is 12.9. The predicted molar refractivity (Wildman–Crippen MR) is 102 cm³/mol. The van der Waals surface area contributed by atoms with Gasteiger partial charge in [-0.1, -0.05) is 23.7 Å². The molecule has 0 saturated heterocycles. The fourth-order valence-electron chi connectivity index (χ4n) is 3.16. The van der Waals surface area contributed by atoms with E-state index in [0.29, 0.717) is 22.9 Å². The fourth-order valence-corrected chi connectivity index (χ4v) is 3.33. The first kappa shape index (κ1) is 17.8. The van der Waals surface area contributed by atoms with Crippen LogP contribution in [0.3, 0.4) is 0 Å². The zero-order valence-electron chi connectivity index (χ0n) is 14.9. The van der Waals surface area contributed by atoms with Gasteiger partial charge < -0.3 is 15.0 Å². The van der Waals surface area contributed by atoms with Crippen molar-refractivity contribution in [2.75, 3.05) is 25.5 Å². The molecule has 1 amide bonds. The molecule has 4 nitrogen and oxygen atoms in total. The van der Waals surface area contributed by atoms with Gasteiger partial charge >= 0.3 is 0 Å². The first-order chi connectivity index (χ1) is 12.0. The molecule has 2 aromatic rings. The summed E-state index contributed by atoms with van der Waals surface area (Å²) in [4.78, 5) is 15.1. The number of hydrogen-bond acceptors (Lipinski definition) is 3. The maximum Gasteiger partial charge on any atom is 0.259 e. The van der Waals surface area contributed by atoms with Gasteiger partial charge in [0.05, 0.1) is 12.2 Å². The van der Waals surface area contributed by atoms with E-state index >= 15 is 0 Å². The van der Waals surface area contributed by atoms with Crippen molar-refractivity contribution < 1.29 is 9.53 Å². The molecule has 25 heavy (non-hydrogen) atoms. The lowest BCUT2D eigenvalue weighted by molar-refractivity contribution is 0.102. The molecule has 0 radical (unpaired) electrons. The number of carbonyl (C=O) groups is 1. The molecule has 2 aromatic carbocycles. The smallest absolute Gasteiger partial charge is 0.259 e. The highest BCUT2D eigenvalue weighted by atomic mass is 35.5. The van der Waals surface area contributed by atoms with E-state index in [1.807, 2.05) is 32.0 Å². The third-order valence-corrected chi connectivity index (χ3v) is 4.92. The minimum absolute atomic E-state index is 0.197. The molecule has 1 N–H and O–H groups in total. The zero-order chi connectivity index (χ0) is 18.0. The minimum atomic E-state index is -0.197. The van der Waals surface area contributed by atoms with Gasteiger partial charge in [0.15, 0.2) is 0 Å². The van der Waals surface area contributed by atoms with Crippen molar-refractivity contribution in [3.05, 3.63) is 57.6 Å². The second-order valence-corrected chi connectivity index (χ2v) is 6.82. The number of fused-ring (bicyclic) bond motifs is 1. The molecule has 1 aliphatic rings. The zero-order valence-corrected chi connectivity index (χ0v) is 15.6. The lowest BCUT2D eigenvalue weighted by Gasteiger charge is -2.27. The summed E-state index contributed by atoms with van der Waals surface area (Å²) >= 11 is 6.22. The Labute approximate surface area is 153 Å². The van der Waals surface area contributed by atoms with Gasteiger partial charge in [-0.15, -0.1) is 0 Å². The van der Waals surface area contributed by atoms with Crippen LogP contribution in [0, 0.1) is 6.92 Å². The van der Waals surface area contributed by atoms with Crippen molar-refractivity contribution in [3.63, 3.8) is 0 Å². The summed E-state index contributed by atoms with van der Waals surface area (Å²) in [6.07, 6.45) is 0.926. The largest absolute Gasteiger partial charge is 0.493 e. The van der Waals surface area contributed by atoms with Crippen molar-refractivity contribution in [2.24, 2.45) is 0 Å². The number of likely N-dealkylation sites (N-methyl/N-ethyl adjacent to an activating group) is 1. The van der Waals surface area contributed by atoms with Crippen LogP contribution in [0.25, 0.3) is 0 Å². The molecule has 0 saturated carbocycles. The Kier molecular flexibility index (Phi) is 5.30. The Balaban J connectivity index is 1.91. The monoisotopic (exact) mass is 358 g/mol. The molecule has 5 heteroatoms. The average molecular weight is 359 g/mol. The molecular formula is C20H23ClN2O2. The molecular weight excluding hydrogens is 336 g/mol. The number of benzene rings is 2. The predicted octanol–water partition coefficient (Wildman–Crippen LogP) is 4.29. The lowest BCUT2D eigenvalue weighted by atomic mass is 9.98. The standard InChI is InChI=1S/C20H23ClN2O2/c1-4-25-19-10-13(2)17(21)11-16(19)20(24)22-18-7-5-6-14-12-23(3)9-8-15(14)18/h5-7,10-11H,4,8-9,12H2,1-3H3,(H,22,24). The SMILES string of the molecule is CCOc1cc(C)c(Cl)cc1C(=O)Nc1cccc2c1CCN(C)C2. The van der Waals surface area contributed by atoms with Gasteiger partial charge in [0, 0.05) is 23.8 Å². The van der Waals surface area contributed by atoms with Crippen LogP contribution in [0.2, 0.25) is 5.02 Å². The second-order valence-electron chi connectivity index (χ2n) is 6.42. The molecule has 0 fully saturated rings. The molecule has 1 aliphatic heterocycles. The third-order valence-electron chi connectivity index (χ3n) is 4.51. The number of nitrogens with zero attached hydrogens (tertiary/aromatic N) is 1. The summed E-state index contributed by atoms with van der Waals surface area (Å²) < 4.78 is 5.63. The van der Waals surface area contributed by atoms with E-state index in [2.05, 4.69) is 23.3 Å². The molecule has 1 heterocycles. The van der Waals surface area contributed by atoms with Gasteiger partial charge in [-0.25, -0.2) is 0 Å². The van der Waals surface area contributed by atoms with Crippen molar-refractivity contribution in [2.45, 2.75) is 26.8 Å². The second kappa shape index (κ2) is 7.46. The highest BCUT2D eigenvalue weighted by Gasteiger charge is 2.20. The van der Waals surface area contributed by atoms with Crippen LogP contribution in [-0.2, 0) is 13.0 Å². The van der Waals surface area contributed by atoms with Crippen LogP contribution in [0.1, 0.15) is 34.0 Å². The number of rotatable bonds is 4. The quantitative estimate of drug-likeness (QED) is 0.886. The molecule has 0 aliphatic carbocycles. The number of aryl methyl sites for hydroxylation is 1. The van der Waals surface area contributed by atoms with Crippen LogP contribution < -0.4 is 10.1 Å². The summed E-state index contributed by atoms with van der Waals surface area (Å²) in [7, 11) is 2.11. The van der Waals surface area contributed by atoms with Crippen molar-refractivity contribution in [1.82, 2.24) is 4.90 Å². The summed E-state index contributed by atoms with van der Waals surface area (Å²) in [6, 6.07) is 9.56. The lowest BCUT2D eigenvalue weighted by Crippen LogP contribution is -2.27. The summed E-state index contributed by atoms with van der Waals surface area (Å²) in [5, 5.41) is 3.61. The van der Waals surface area contributed by atoms with Crippen LogP contribution in [-0.4, -0.2) is 31.0 Å². The number of halogens is 1.